The molecule has 0 saturated carbocycles. The van der Waals surface area contributed by atoms with Crippen molar-refractivity contribution in [3.63, 3.8) is 0 Å². The molecule has 0 aliphatic carbocycles. The smallest absolute Gasteiger partial charge is 0.331 e. The van der Waals surface area contributed by atoms with Gasteiger partial charge in [-0.15, -0.1) is 0 Å². The first-order valence-corrected chi connectivity index (χ1v) is 5.00. The van der Waals surface area contributed by atoms with Gasteiger partial charge in [0.2, 0.25) is 0 Å². The molecule has 0 fully saturated rings. The number of unbranched alkanes of at least 4 members (excludes halogenated alkanes) is 1. The molecule has 0 aromatic carbocycles. The Morgan fingerprint density at radius 1 is 1.36 bits per heavy atom. The van der Waals surface area contributed by atoms with Crippen molar-refractivity contribution < 1.29 is 14.7 Å². The van der Waals surface area contributed by atoms with E-state index >= 15 is 0 Å². The summed E-state index contributed by atoms with van der Waals surface area (Å²) in [6.45, 7) is 5.66. The predicted octanol–water partition coefficient (Wildman–Crippen LogP) is 1.20. The molecule has 0 rings (SSSR count). The maximum atomic E-state index is 11.6. The Balaban J connectivity index is 4.48. The highest BCUT2D eigenvalue weighted by Crippen LogP contribution is 2.11. The van der Waals surface area contributed by atoms with E-state index in [2.05, 4.69) is 5.32 Å². The standard InChI is InChI=1S/C10H19NO3/c1-4-6-7-8(12)10(3,9(13)14)11-5-2/h11H,4-7H2,1-3H3,(H,13,14). The first-order valence-electron chi connectivity index (χ1n) is 5.00. The highest BCUT2D eigenvalue weighted by Gasteiger charge is 2.39. The highest BCUT2D eigenvalue weighted by molar-refractivity contribution is 6.07. The molecule has 1 unspecified atom stereocenters. The van der Waals surface area contributed by atoms with Crippen molar-refractivity contribution in [3.8, 4) is 0 Å². The summed E-state index contributed by atoms with van der Waals surface area (Å²) in [5, 5.41) is 11.7. The van der Waals surface area contributed by atoms with Crippen LogP contribution in [-0.4, -0.2) is 28.9 Å². The van der Waals surface area contributed by atoms with Crippen molar-refractivity contribution in [2.24, 2.45) is 0 Å². The molecule has 0 heterocycles. The van der Waals surface area contributed by atoms with E-state index in [0.29, 0.717) is 13.0 Å². The average molecular weight is 201 g/mol. The molecule has 0 aromatic rings. The lowest BCUT2D eigenvalue weighted by Gasteiger charge is -2.23. The summed E-state index contributed by atoms with van der Waals surface area (Å²) in [6.07, 6.45) is 1.97. The Morgan fingerprint density at radius 2 is 1.93 bits per heavy atom. The van der Waals surface area contributed by atoms with Crippen LogP contribution in [0.5, 0.6) is 0 Å². The number of carbonyl (C=O) groups excluding carboxylic acids is 1. The van der Waals surface area contributed by atoms with Gasteiger partial charge in [-0.2, -0.15) is 0 Å². The SMILES string of the molecule is CCCCC(=O)C(C)(NCC)C(=O)O. The van der Waals surface area contributed by atoms with Gasteiger partial charge < -0.3 is 5.11 Å². The van der Waals surface area contributed by atoms with Gasteiger partial charge in [0.25, 0.3) is 0 Å². The van der Waals surface area contributed by atoms with Crippen LogP contribution in [0.25, 0.3) is 0 Å². The molecule has 4 heteroatoms. The second-order valence-corrected chi connectivity index (χ2v) is 3.49. The van der Waals surface area contributed by atoms with Crippen LogP contribution in [0.1, 0.15) is 40.0 Å². The molecule has 82 valence electrons. The number of ketones is 1. The monoisotopic (exact) mass is 201 g/mol. The van der Waals surface area contributed by atoms with Crippen LogP contribution in [0.15, 0.2) is 0 Å². The fraction of sp³-hybridized carbons (Fsp3) is 0.800. The van der Waals surface area contributed by atoms with Gasteiger partial charge in [-0.05, 0) is 19.9 Å². The molecule has 4 nitrogen and oxygen atoms in total. The second-order valence-electron chi connectivity index (χ2n) is 3.49. The number of rotatable bonds is 7. The summed E-state index contributed by atoms with van der Waals surface area (Å²) in [7, 11) is 0. The summed E-state index contributed by atoms with van der Waals surface area (Å²) in [5.41, 5.74) is -1.41. The van der Waals surface area contributed by atoms with Crippen LogP contribution in [0.3, 0.4) is 0 Å². The number of nitrogens with one attached hydrogen (secondary N) is 1. The largest absolute Gasteiger partial charge is 0.480 e. The van der Waals surface area contributed by atoms with E-state index in [9.17, 15) is 9.59 Å². The van der Waals surface area contributed by atoms with Gasteiger partial charge in [-0.1, -0.05) is 20.3 Å². The zero-order chi connectivity index (χ0) is 11.2. The van der Waals surface area contributed by atoms with E-state index in [1.54, 1.807) is 6.92 Å². The van der Waals surface area contributed by atoms with Crippen LogP contribution in [0.4, 0.5) is 0 Å². The van der Waals surface area contributed by atoms with Gasteiger partial charge in [0.15, 0.2) is 11.3 Å². The molecule has 0 aromatic heterocycles. The number of hydrogen-bond acceptors (Lipinski definition) is 3. The van der Waals surface area contributed by atoms with Crippen LogP contribution in [-0.2, 0) is 9.59 Å². The fourth-order valence-corrected chi connectivity index (χ4v) is 1.23. The summed E-state index contributed by atoms with van der Waals surface area (Å²) in [4.78, 5) is 22.5. The van der Waals surface area contributed by atoms with Crippen molar-refractivity contribution in [3.05, 3.63) is 0 Å². The third-order valence-electron chi connectivity index (χ3n) is 2.27. The normalized spacial score (nSPS) is 14.8. The van der Waals surface area contributed by atoms with E-state index in [4.69, 9.17) is 5.11 Å². The van der Waals surface area contributed by atoms with Gasteiger partial charge in [-0.3, -0.25) is 10.1 Å². The molecule has 0 spiro atoms. The Bertz CT molecular complexity index is 215. The zero-order valence-corrected chi connectivity index (χ0v) is 9.09. The number of hydrogen-bond donors (Lipinski definition) is 2. The van der Waals surface area contributed by atoms with Gasteiger partial charge in [0, 0.05) is 6.42 Å². The fourth-order valence-electron chi connectivity index (χ4n) is 1.23. The van der Waals surface area contributed by atoms with Crippen LogP contribution in [0.2, 0.25) is 0 Å². The molecule has 0 radical (unpaired) electrons. The third-order valence-corrected chi connectivity index (χ3v) is 2.27. The number of carbonyl (C=O) groups is 2. The lowest BCUT2D eigenvalue weighted by atomic mass is 9.93. The van der Waals surface area contributed by atoms with Crippen molar-refractivity contribution in [1.29, 1.82) is 0 Å². The maximum absolute atomic E-state index is 11.6. The van der Waals surface area contributed by atoms with Crippen molar-refractivity contribution in [1.82, 2.24) is 5.32 Å². The summed E-state index contributed by atoms with van der Waals surface area (Å²) in [5.74, 6) is -1.34. The second kappa shape index (κ2) is 5.75. The highest BCUT2D eigenvalue weighted by atomic mass is 16.4. The Morgan fingerprint density at radius 3 is 2.29 bits per heavy atom. The van der Waals surface area contributed by atoms with Gasteiger partial charge in [-0.25, -0.2) is 4.79 Å². The Kier molecular flexibility index (Phi) is 5.38. The molecule has 1 atom stereocenters. The minimum atomic E-state index is -1.41. The maximum Gasteiger partial charge on any atom is 0.331 e. The Labute approximate surface area is 84.7 Å². The summed E-state index contributed by atoms with van der Waals surface area (Å²) in [6, 6.07) is 0. The van der Waals surface area contributed by atoms with E-state index in [1.165, 1.54) is 6.92 Å². The summed E-state index contributed by atoms with van der Waals surface area (Å²) >= 11 is 0. The van der Waals surface area contributed by atoms with E-state index in [1.807, 2.05) is 6.92 Å². The van der Waals surface area contributed by atoms with Crippen molar-refractivity contribution >= 4 is 11.8 Å². The number of carboxylic acid groups (broad SMARTS) is 1. The topological polar surface area (TPSA) is 66.4 Å². The Hall–Kier alpha value is -0.900. The van der Waals surface area contributed by atoms with Crippen LogP contribution in [0, 0.1) is 0 Å². The predicted molar refractivity (Wildman–Crippen MR) is 54.2 cm³/mol. The molecule has 0 aliphatic heterocycles. The molecular weight excluding hydrogens is 182 g/mol. The van der Waals surface area contributed by atoms with Crippen molar-refractivity contribution in [2.75, 3.05) is 6.54 Å². The van der Waals surface area contributed by atoms with E-state index in [0.717, 1.165) is 12.8 Å². The minimum Gasteiger partial charge on any atom is -0.480 e. The first kappa shape index (κ1) is 13.1. The molecular formula is C10H19NO3. The lowest BCUT2D eigenvalue weighted by Crippen LogP contribution is -2.55. The van der Waals surface area contributed by atoms with Crippen molar-refractivity contribution in [2.45, 2.75) is 45.6 Å². The van der Waals surface area contributed by atoms with E-state index < -0.39 is 11.5 Å². The van der Waals surface area contributed by atoms with Gasteiger partial charge in [0.1, 0.15) is 0 Å². The zero-order valence-electron chi connectivity index (χ0n) is 9.09. The number of likely N-dealkylation sites (N-methyl/N-ethyl adjacent to an activating group) is 1. The number of aliphatic carboxylic acids is 1. The van der Waals surface area contributed by atoms with E-state index in [-0.39, 0.29) is 5.78 Å². The van der Waals surface area contributed by atoms with Gasteiger partial charge >= 0.3 is 5.97 Å². The molecule has 0 amide bonds. The quantitative estimate of drug-likeness (QED) is 0.607. The lowest BCUT2D eigenvalue weighted by molar-refractivity contribution is -0.149. The average Bonchev–Trinajstić information content (AvgIpc) is 2.14. The molecule has 0 bridgehead atoms. The van der Waals surface area contributed by atoms with Crippen LogP contribution < -0.4 is 5.32 Å². The summed E-state index contributed by atoms with van der Waals surface area (Å²) < 4.78 is 0. The molecule has 0 aliphatic rings. The molecule has 0 saturated heterocycles. The van der Waals surface area contributed by atoms with Crippen LogP contribution >= 0.6 is 0 Å². The molecule has 14 heavy (non-hydrogen) atoms. The molecule has 2 N–H and O–H groups in total. The first-order chi connectivity index (χ1) is 6.49. The number of Topliss-reactive ketones (excluding diaryl/α,β-unsaturated/α-hetero) is 1. The van der Waals surface area contributed by atoms with Gasteiger partial charge in [0.05, 0.1) is 0 Å². The third kappa shape index (κ3) is 3.10. The number of carboxylic acids is 1. The minimum absolute atomic E-state index is 0.242.